The first-order chi connectivity index (χ1) is 7.88. The number of sulfone groups is 1. The van der Waals surface area contributed by atoms with E-state index in [0.29, 0.717) is 0 Å². The first kappa shape index (κ1) is 13.6. The second kappa shape index (κ2) is 5.21. The molecule has 1 aliphatic rings. The van der Waals surface area contributed by atoms with Crippen molar-refractivity contribution in [3.8, 4) is 0 Å². The average Bonchev–Trinajstić information content (AvgIpc) is 2.52. The van der Waals surface area contributed by atoms with Crippen LogP contribution in [-0.4, -0.2) is 58.4 Å². The van der Waals surface area contributed by atoms with Gasteiger partial charge < -0.3 is 20.1 Å². The highest BCUT2D eigenvalue weighted by Crippen LogP contribution is 2.13. The molecule has 0 aromatic rings. The summed E-state index contributed by atoms with van der Waals surface area (Å²) in [5, 5.41) is 4.71. The van der Waals surface area contributed by atoms with Crippen molar-refractivity contribution in [1.29, 1.82) is 0 Å². The topological polar surface area (TPSA) is 111 Å². The smallest absolute Gasteiger partial charge is 0.407 e. The molecule has 0 spiro atoms. The van der Waals surface area contributed by atoms with E-state index in [1.807, 2.05) is 0 Å². The van der Waals surface area contributed by atoms with E-state index in [2.05, 4.69) is 20.1 Å². The van der Waals surface area contributed by atoms with E-state index in [-0.39, 0.29) is 11.5 Å². The van der Waals surface area contributed by atoms with Crippen LogP contribution in [0.4, 0.5) is 9.59 Å². The third-order valence-electron chi connectivity index (χ3n) is 2.33. The molecule has 0 aliphatic carbocycles. The lowest BCUT2D eigenvalue weighted by atomic mass is 10.2. The number of carbonyl (C=O) groups excluding carboxylic acids is 2. The minimum absolute atomic E-state index is 0.239. The van der Waals surface area contributed by atoms with Crippen molar-refractivity contribution in [2.24, 2.45) is 0 Å². The predicted molar refractivity (Wildman–Crippen MR) is 57.3 cm³/mol. The van der Waals surface area contributed by atoms with E-state index in [1.54, 1.807) is 0 Å². The van der Waals surface area contributed by atoms with E-state index >= 15 is 0 Å². The Hall–Kier alpha value is -1.51. The maximum Gasteiger partial charge on any atom is 0.407 e. The Morgan fingerprint density at radius 2 is 1.35 bits per heavy atom. The highest BCUT2D eigenvalue weighted by molar-refractivity contribution is 7.91. The molecule has 0 radical (unpaired) electrons. The molecule has 1 saturated heterocycles. The lowest BCUT2D eigenvalue weighted by Crippen LogP contribution is -2.50. The van der Waals surface area contributed by atoms with Gasteiger partial charge in [0.15, 0.2) is 9.84 Å². The predicted octanol–water partition coefficient (Wildman–Crippen LogP) is -1.14. The summed E-state index contributed by atoms with van der Waals surface area (Å²) in [5.41, 5.74) is 0. The molecule has 1 heterocycles. The number of ether oxygens (including phenoxy) is 2. The third-order valence-corrected chi connectivity index (χ3v) is 4.06. The molecule has 8 nitrogen and oxygen atoms in total. The number of hydrogen-bond donors (Lipinski definition) is 2. The van der Waals surface area contributed by atoms with E-state index in [9.17, 15) is 18.0 Å². The highest BCUT2D eigenvalue weighted by Gasteiger charge is 2.39. The van der Waals surface area contributed by atoms with Crippen molar-refractivity contribution < 1.29 is 27.5 Å². The fourth-order valence-electron chi connectivity index (χ4n) is 1.55. The summed E-state index contributed by atoms with van der Waals surface area (Å²) in [5.74, 6) is -0.479. The molecule has 2 N–H and O–H groups in total. The SMILES string of the molecule is COC(=O)N[C@H]1CS(=O)(=O)C[C@H]1NC(=O)OC. The fraction of sp³-hybridized carbons (Fsp3) is 0.750. The van der Waals surface area contributed by atoms with Gasteiger partial charge in [0.2, 0.25) is 0 Å². The average molecular weight is 266 g/mol. The van der Waals surface area contributed by atoms with Crippen molar-refractivity contribution in [3.05, 3.63) is 0 Å². The van der Waals surface area contributed by atoms with Gasteiger partial charge in [-0.3, -0.25) is 0 Å². The molecule has 0 aromatic heterocycles. The van der Waals surface area contributed by atoms with Crippen LogP contribution in [0.25, 0.3) is 0 Å². The summed E-state index contributed by atoms with van der Waals surface area (Å²) in [6.45, 7) is 0. The molecule has 2 atom stereocenters. The molecule has 0 unspecified atom stereocenters. The van der Waals surface area contributed by atoms with Gasteiger partial charge in [0.1, 0.15) is 0 Å². The third kappa shape index (κ3) is 3.77. The second-order valence-corrected chi connectivity index (χ2v) is 5.72. The van der Waals surface area contributed by atoms with Crippen molar-refractivity contribution in [1.82, 2.24) is 10.6 Å². The van der Waals surface area contributed by atoms with Gasteiger partial charge in [-0.15, -0.1) is 0 Å². The standard InChI is InChI=1S/C8H14N2O6S/c1-15-7(11)9-5-3-17(13,14)4-6(5)10-8(12)16-2/h5-6H,3-4H2,1-2H3,(H,9,11)(H,10,12)/t5-,6+. The molecular weight excluding hydrogens is 252 g/mol. The van der Waals surface area contributed by atoms with E-state index in [4.69, 9.17) is 0 Å². The lowest BCUT2D eigenvalue weighted by molar-refractivity contribution is 0.157. The lowest BCUT2D eigenvalue weighted by Gasteiger charge is -2.19. The molecule has 17 heavy (non-hydrogen) atoms. The quantitative estimate of drug-likeness (QED) is 0.654. The number of methoxy groups -OCH3 is 2. The number of amides is 2. The van der Waals surface area contributed by atoms with Crippen LogP contribution in [-0.2, 0) is 19.3 Å². The fourth-order valence-corrected chi connectivity index (χ4v) is 3.41. The molecule has 1 fully saturated rings. The van der Waals surface area contributed by atoms with Gasteiger partial charge >= 0.3 is 12.2 Å². The molecule has 98 valence electrons. The Labute approximate surface area is 98.6 Å². The monoisotopic (exact) mass is 266 g/mol. The Bertz CT molecular complexity index is 374. The maximum absolute atomic E-state index is 11.4. The van der Waals surface area contributed by atoms with E-state index in [1.165, 1.54) is 14.2 Å². The first-order valence-electron chi connectivity index (χ1n) is 4.77. The Morgan fingerprint density at radius 1 is 1.00 bits per heavy atom. The van der Waals surface area contributed by atoms with Crippen LogP contribution in [0.3, 0.4) is 0 Å². The van der Waals surface area contributed by atoms with Gasteiger partial charge in [-0.25, -0.2) is 18.0 Å². The Morgan fingerprint density at radius 3 is 1.65 bits per heavy atom. The van der Waals surface area contributed by atoms with Gasteiger partial charge in [-0.05, 0) is 0 Å². The first-order valence-corrected chi connectivity index (χ1v) is 6.59. The Kier molecular flexibility index (Phi) is 4.16. The summed E-state index contributed by atoms with van der Waals surface area (Å²) in [7, 11) is -0.957. The van der Waals surface area contributed by atoms with Crippen LogP contribution >= 0.6 is 0 Å². The van der Waals surface area contributed by atoms with Crippen LogP contribution in [0.1, 0.15) is 0 Å². The zero-order valence-electron chi connectivity index (χ0n) is 9.43. The minimum atomic E-state index is -3.29. The van der Waals surface area contributed by atoms with Crippen LogP contribution in [0.2, 0.25) is 0 Å². The zero-order chi connectivity index (χ0) is 13.1. The van der Waals surface area contributed by atoms with Crippen LogP contribution < -0.4 is 10.6 Å². The summed E-state index contributed by atoms with van der Waals surface area (Å²) < 4.78 is 31.6. The second-order valence-electron chi connectivity index (χ2n) is 3.56. The molecule has 1 rings (SSSR count). The molecule has 2 amide bonds. The summed E-state index contributed by atoms with van der Waals surface area (Å²) in [4.78, 5) is 22.0. The molecule has 0 aromatic carbocycles. The van der Waals surface area contributed by atoms with E-state index in [0.717, 1.165) is 0 Å². The number of rotatable bonds is 2. The van der Waals surface area contributed by atoms with Crippen molar-refractivity contribution >= 4 is 22.0 Å². The number of hydrogen-bond acceptors (Lipinski definition) is 6. The maximum atomic E-state index is 11.4. The van der Waals surface area contributed by atoms with Gasteiger partial charge in [0, 0.05) is 0 Å². The number of alkyl carbamates (subject to hydrolysis) is 2. The normalized spacial score (nSPS) is 26.0. The summed E-state index contributed by atoms with van der Waals surface area (Å²) >= 11 is 0. The van der Waals surface area contributed by atoms with Crippen molar-refractivity contribution in [2.45, 2.75) is 12.1 Å². The molecule has 0 bridgehead atoms. The Balaban J connectivity index is 2.71. The molecular formula is C8H14N2O6S. The summed E-state index contributed by atoms with van der Waals surface area (Å²) in [6.07, 6.45) is -1.49. The van der Waals surface area contributed by atoms with Crippen LogP contribution in [0, 0.1) is 0 Å². The molecule has 0 saturated carbocycles. The highest BCUT2D eigenvalue weighted by atomic mass is 32.2. The van der Waals surface area contributed by atoms with Crippen molar-refractivity contribution in [2.75, 3.05) is 25.7 Å². The zero-order valence-corrected chi connectivity index (χ0v) is 10.2. The number of carbonyl (C=O) groups is 2. The van der Waals surface area contributed by atoms with Crippen LogP contribution in [0.5, 0.6) is 0 Å². The largest absolute Gasteiger partial charge is 0.453 e. The van der Waals surface area contributed by atoms with Gasteiger partial charge in [0.05, 0.1) is 37.8 Å². The van der Waals surface area contributed by atoms with Crippen molar-refractivity contribution in [3.63, 3.8) is 0 Å². The molecule has 1 aliphatic heterocycles. The number of nitrogens with one attached hydrogen (secondary N) is 2. The van der Waals surface area contributed by atoms with Gasteiger partial charge in [0.25, 0.3) is 0 Å². The van der Waals surface area contributed by atoms with E-state index < -0.39 is 34.1 Å². The van der Waals surface area contributed by atoms with Gasteiger partial charge in [-0.2, -0.15) is 0 Å². The van der Waals surface area contributed by atoms with Gasteiger partial charge in [-0.1, -0.05) is 0 Å². The van der Waals surface area contributed by atoms with Crippen LogP contribution in [0.15, 0.2) is 0 Å². The summed E-state index contributed by atoms with van der Waals surface area (Å²) in [6, 6.07) is -1.43. The minimum Gasteiger partial charge on any atom is -0.453 e. The molecule has 9 heteroatoms.